The Morgan fingerprint density at radius 1 is 1.57 bits per heavy atom. The highest BCUT2D eigenvalue weighted by Gasteiger charge is 2.05. The maximum Gasteiger partial charge on any atom is 0.117 e. The minimum Gasteiger partial charge on any atom is -0.377 e. The monoisotopic (exact) mass is 102 g/mol. The molecule has 7 heavy (non-hydrogen) atoms. The van der Waals surface area contributed by atoms with Crippen molar-refractivity contribution >= 4 is 0 Å². The molecule has 1 heterocycles. The Hall–Kier alpha value is -0.120. The van der Waals surface area contributed by atoms with Crippen molar-refractivity contribution in [2.45, 2.75) is 19.1 Å². The Labute approximate surface area is 42.7 Å². The molecular weight excluding hydrogens is 92.1 g/mol. The highest BCUT2D eigenvalue weighted by Crippen LogP contribution is 1.94. The van der Waals surface area contributed by atoms with Crippen LogP contribution in [-0.2, 0) is 0 Å². The second kappa shape index (κ2) is 2.26. The quantitative estimate of drug-likeness (QED) is 0.375. The molecule has 0 aromatic rings. The van der Waals surface area contributed by atoms with Crippen molar-refractivity contribution in [3.63, 3.8) is 0 Å². The molecule has 0 radical (unpaired) electrons. The lowest BCUT2D eigenvalue weighted by Gasteiger charge is -2.18. The van der Waals surface area contributed by atoms with Crippen molar-refractivity contribution < 1.29 is 5.11 Å². The first-order chi connectivity index (χ1) is 3.39. The zero-order chi connectivity index (χ0) is 5.11. The Morgan fingerprint density at radius 3 is 2.71 bits per heavy atom. The van der Waals surface area contributed by atoms with Gasteiger partial charge < -0.3 is 5.11 Å². The molecule has 1 atom stereocenters. The van der Waals surface area contributed by atoms with E-state index in [9.17, 15) is 0 Å². The Morgan fingerprint density at radius 2 is 2.43 bits per heavy atom. The van der Waals surface area contributed by atoms with Gasteiger partial charge in [0.15, 0.2) is 0 Å². The van der Waals surface area contributed by atoms with Crippen LogP contribution in [-0.4, -0.2) is 17.9 Å². The maximum absolute atomic E-state index is 8.74. The summed E-state index contributed by atoms with van der Waals surface area (Å²) in [6, 6.07) is 0. The van der Waals surface area contributed by atoms with E-state index in [2.05, 4.69) is 10.9 Å². The van der Waals surface area contributed by atoms with Gasteiger partial charge in [-0.2, -0.15) is 0 Å². The minimum atomic E-state index is -0.325. The summed E-state index contributed by atoms with van der Waals surface area (Å²) in [7, 11) is 0. The summed E-state index contributed by atoms with van der Waals surface area (Å²) in [6.07, 6.45) is 1.61. The SMILES string of the molecule is OC1CCCNN1. The number of hydrogen-bond acceptors (Lipinski definition) is 3. The summed E-state index contributed by atoms with van der Waals surface area (Å²) in [6.45, 7) is 0.969. The lowest BCUT2D eigenvalue weighted by molar-refractivity contribution is 0.0879. The molecule has 1 unspecified atom stereocenters. The summed E-state index contributed by atoms with van der Waals surface area (Å²) in [5.74, 6) is 0. The Bertz CT molecular complexity index is 51.7. The molecule has 1 saturated heterocycles. The topological polar surface area (TPSA) is 44.3 Å². The molecule has 0 amide bonds. The first-order valence-electron chi connectivity index (χ1n) is 2.56. The molecule has 3 heteroatoms. The fourth-order valence-corrected chi connectivity index (χ4v) is 0.646. The van der Waals surface area contributed by atoms with E-state index in [0.29, 0.717) is 0 Å². The molecule has 1 aliphatic heterocycles. The van der Waals surface area contributed by atoms with E-state index in [0.717, 1.165) is 19.4 Å². The molecule has 3 N–H and O–H groups in total. The average Bonchev–Trinajstić information content (AvgIpc) is 1.69. The Kier molecular flexibility index (Phi) is 1.62. The van der Waals surface area contributed by atoms with E-state index in [-0.39, 0.29) is 6.23 Å². The lowest BCUT2D eigenvalue weighted by Crippen LogP contribution is -2.45. The van der Waals surface area contributed by atoms with Crippen LogP contribution >= 0.6 is 0 Å². The van der Waals surface area contributed by atoms with Crippen molar-refractivity contribution in [1.29, 1.82) is 0 Å². The van der Waals surface area contributed by atoms with Gasteiger partial charge in [0, 0.05) is 6.54 Å². The zero-order valence-electron chi connectivity index (χ0n) is 4.15. The number of hydrogen-bond donors (Lipinski definition) is 3. The predicted molar refractivity (Wildman–Crippen MR) is 26.4 cm³/mol. The van der Waals surface area contributed by atoms with E-state index in [1.54, 1.807) is 0 Å². The highest BCUT2D eigenvalue weighted by atomic mass is 16.3. The van der Waals surface area contributed by atoms with Gasteiger partial charge in [-0.05, 0) is 12.8 Å². The van der Waals surface area contributed by atoms with Gasteiger partial charge in [0.2, 0.25) is 0 Å². The van der Waals surface area contributed by atoms with Crippen molar-refractivity contribution in [2.75, 3.05) is 6.54 Å². The average molecular weight is 102 g/mol. The largest absolute Gasteiger partial charge is 0.377 e. The molecule has 0 bridgehead atoms. The third-order valence-corrected chi connectivity index (χ3v) is 1.05. The van der Waals surface area contributed by atoms with Crippen molar-refractivity contribution in [1.82, 2.24) is 10.9 Å². The summed E-state index contributed by atoms with van der Waals surface area (Å²) in [4.78, 5) is 0. The van der Waals surface area contributed by atoms with Gasteiger partial charge in [-0.15, -0.1) is 0 Å². The summed E-state index contributed by atoms with van der Waals surface area (Å²) in [5, 5.41) is 8.74. The van der Waals surface area contributed by atoms with Crippen molar-refractivity contribution in [2.24, 2.45) is 0 Å². The Balaban J connectivity index is 2.12. The molecule has 0 spiro atoms. The van der Waals surface area contributed by atoms with Crippen LogP contribution in [0.1, 0.15) is 12.8 Å². The number of rotatable bonds is 0. The summed E-state index contributed by atoms with van der Waals surface area (Å²) in [5.41, 5.74) is 5.52. The summed E-state index contributed by atoms with van der Waals surface area (Å²) < 4.78 is 0. The number of nitrogens with one attached hydrogen (secondary N) is 2. The van der Waals surface area contributed by atoms with Gasteiger partial charge in [0.25, 0.3) is 0 Å². The molecule has 42 valence electrons. The van der Waals surface area contributed by atoms with Crippen LogP contribution in [0.5, 0.6) is 0 Å². The second-order valence-electron chi connectivity index (χ2n) is 1.73. The molecule has 3 nitrogen and oxygen atoms in total. The molecule has 0 saturated carbocycles. The fraction of sp³-hybridized carbons (Fsp3) is 1.00. The third kappa shape index (κ3) is 1.43. The predicted octanol–water partition coefficient (Wildman–Crippen LogP) is -0.807. The summed E-state index contributed by atoms with van der Waals surface area (Å²) >= 11 is 0. The van der Waals surface area contributed by atoms with Crippen LogP contribution in [0.3, 0.4) is 0 Å². The van der Waals surface area contributed by atoms with Gasteiger partial charge in [-0.3, -0.25) is 5.43 Å². The van der Waals surface area contributed by atoms with Crippen LogP contribution < -0.4 is 10.9 Å². The smallest absolute Gasteiger partial charge is 0.117 e. The molecule has 0 aliphatic carbocycles. The minimum absolute atomic E-state index is 0.325. The normalized spacial score (nSPS) is 33.0. The van der Waals surface area contributed by atoms with E-state index < -0.39 is 0 Å². The fourth-order valence-electron chi connectivity index (χ4n) is 0.646. The molecule has 1 rings (SSSR count). The molecule has 1 fully saturated rings. The lowest BCUT2D eigenvalue weighted by atomic mass is 10.2. The van der Waals surface area contributed by atoms with Crippen LogP contribution in [0, 0.1) is 0 Å². The van der Waals surface area contributed by atoms with E-state index >= 15 is 0 Å². The molecular formula is C4H10N2O. The van der Waals surface area contributed by atoms with Gasteiger partial charge in [0.1, 0.15) is 6.23 Å². The van der Waals surface area contributed by atoms with Gasteiger partial charge in [-0.1, -0.05) is 0 Å². The first kappa shape index (κ1) is 5.03. The number of aliphatic hydroxyl groups is 1. The van der Waals surface area contributed by atoms with E-state index in [1.807, 2.05) is 0 Å². The van der Waals surface area contributed by atoms with Gasteiger partial charge in [0.05, 0.1) is 0 Å². The van der Waals surface area contributed by atoms with Crippen LogP contribution in [0.2, 0.25) is 0 Å². The zero-order valence-corrected chi connectivity index (χ0v) is 4.15. The van der Waals surface area contributed by atoms with Gasteiger partial charge >= 0.3 is 0 Å². The molecule has 1 aliphatic rings. The van der Waals surface area contributed by atoms with Crippen LogP contribution in [0.25, 0.3) is 0 Å². The standard InChI is InChI=1S/C4H10N2O/c7-4-2-1-3-5-6-4/h4-7H,1-3H2. The highest BCUT2D eigenvalue weighted by molar-refractivity contribution is 4.56. The molecule has 0 aromatic heterocycles. The second-order valence-corrected chi connectivity index (χ2v) is 1.73. The van der Waals surface area contributed by atoms with Crippen LogP contribution in [0.15, 0.2) is 0 Å². The number of hydrazine groups is 1. The number of aliphatic hydroxyl groups excluding tert-OH is 1. The van der Waals surface area contributed by atoms with Crippen molar-refractivity contribution in [3.8, 4) is 0 Å². The first-order valence-corrected chi connectivity index (χ1v) is 2.56. The van der Waals surface area contributed by atoms with E-state index in [4.69, 9.17) is 5.11 Å². The van der Waals surface area contributed by atoms with Crippen molar-refractivity contribution in [3.05, 3.63) is 0 Å². The van der Waals surface area contributed by atoms with Gasteiger partial charge in [-0.25, -0.2) is 5.43 Å². The molecule has 0 aromatic carbocycles. The third-order valence-electron chi connectivity index (χ3n) is 1.05. The van der Waals surface area contributed by atoms with E-state index in [1.165, 1.54) is 0 Å². The maximum atomic E-state index is 8.74. The van der Waals surface area contributed by atoms with Crippen LogP contribution in [0.4, 0.5) is 0 Å².